The van der Waals surface area contributed by atoms with Crippen molar-refractivity contribution in [2.24, 2.45) is 5.92 Å². The van der Waals surface area contributed by atoms with Gasteiger partial charge < -0.3 is 19.2 Å². The van der Waals surface area contributed by atoms with E-state index in [1.54, 1.807) is 37.9 Å². The van der Waals surface area contributed by atoms with Crippen LogP contribution < -0.4 is 5.11 Å². The van der Waals surface area contributed by atoms with Crippen LogP contribution in [0.1, 0.15) is 50.0 Å². The minimum Gasteiger partial charge on any atom is -0.550 e. The standard InChI is InChI=1S/C24H25ClFNO3S/c1-4-20(30-3)18-11-15(26)12-19-21(18)23(31-16-7-5-14(25)6-8-16)22-17(9-10-27(19)22)13(2)24(28)29/h5-8,11-13,17,20H,4,9-10H2,1-3H3,(H,28,29)/p-1. The van der Waals surface area contributed by atoms with Crippen LogP contribution in [0.4, 0.5) is 4.39 Å². The van der Waals surface area contributed by atoms with Crippen molar-refractivity contribution in [2.45, 2.75) is 55.0 Å². The maximum absolute atomic E-state index is 14.7. The summed E-state index contributed by atoms with van der Waals surface area (Å²) >= 11 is 7.62. The number of carboxylic acid groups (broad SMARTS) is 1. The van der Waals surface area contributed by atoms with Gasteiger partial charge in [0.2, 0.25) is 0 Å². The third-order valence-corrected chi connectivity index (χ3v) is 7.56. The Bertz CT molecular complexity index is 1120. The number of fused-ring (bicyclic) bond motifs is 3. The quantitative estimate of drug-likeness (QED) is 0.463. The van der Waals surface area contributed by atoms with Crippen molar-refractivity contribution in [3.63, 3.8) is 0 Å². The number of rotatable bonds is 7. The third kappa shape index (κ3) is 3.97. The van der Waals surface area contributed by atoms with Crippen LogP contribution >= 0.6 is 23.4 Å². The zero-order valence-electron chi connectivity index (χ0n) is 17.7. The number of carbonyl (C=O) groups is 1. The SMILES string of the molecule is CCC(OC)c1cc(F)cc2c1c(Sc1ccc(Cl)cc1)c1n2CCC1C(C)C(=O)[O-]. The maximum Gasteiger partial charge on any atom is 0.125 e. The fourth-order valence-corrected chi connectivity index (χ4v) is 5.93. The normalized spacial score (nSPS) is 17.6. The number of methoxy groups -OCH3 is 1. The molecule has 0 saturated carbocycles. The fourth-order valence-electron chi connectivity index (χ4n) is 4.61. The second kappa shape index (κ2) is 8.85. The van der Waals surface area contributed by atoms with Gasteiger partial charge in [-0.2, -0.15) is 0 Å². The van der Waals surface area contributed by atoms with Crippen molar-refractivity contribution < 1.29 is 19.0 Å². The van der Waals surface area contributed by atoms with Gasteiger partial charge in [-0.15, -0.1) is 0 Å². The van der Waals surface area contributed by atoms with Crippen LogP contribution in [-0.2, 0) is 16.1 Å². The predicted molar refractivity (Wildman–Crippen MR) is 119 cm³/mol. The number of benzene rings is 2. The average Bonchev–Trinajstić information content (AvgIpc) is 3.29. The van der Waals surface area contributed by atoms with E-state index in [1.165, 1.54) is 0 Å². The second-order valence-electron chi connectivity index (χ2n) is 7.95. The second-order valence-corrected chi connectivity index (χ2v) is 9.47. The van der Waals surface area contributed by atoms with E-state index in [2.05, 4.69) is 4.57 Å². The molecule has 0 fully saturated rings. The molecule has 164 valence electrons. The van der Waals surface area contributed by atoms with E-state index in [0.29, 0.717) is 24.4 Å². The molecule has 3 aromatic rings. The topological polar surface area (TPSA) is 54.3 Å². The zero-order chi connectivity index (χ0) is 22.3. The van der Waals surface area contributed by atoms with Crippen molar-refractivity contribution in [1.82, 2.24) is 4.57 Å². The summed E-state index contributed by atoms with van der Waals surface area (Å²) in [5.74, 6) is -2.24. The molecule has 0 spiro atoms. The van der Waals surface area contributed by atoms with Gasteiger partial charge in [-0.1, -0.05) is 37.2 Å². The summed E-state index contributed by atoms with van der Waals surface area (Å²) in [6, 6.07) is 10.6. The lowest BCUT2D eigenvalue weighted by Crippen LogP contribution is -2.32. The van der Waals surface area contributed by atoms with Crippen LogP contribution in [-0.4, -0.2) is 17.6 Å². The molecule has 0 bridgehead atoms. The highest BCUT2D eigenvalue weighted by molar-refractivity contribution is 7.99. The van der Waals surface area contributed by atoms with Crippen molar-refractivity contribution >= 4 is 40.2 Å². The van der Waals surface area contributed by atoms with Gasteiger partial charge in [0.05, 0.1) is 11.6 Å². The van der Waals surface area contributed by atoms with E-state index in [9.17, 15) is 14.3 Å². The van der Waals surface area contributed by atoms with Gasteiger partial charge in [-0.05, 0) is 54.8 Å². The van der Waals surface area contributed by atoms with E-state index >= 15 is 0 Å². The van der Waals surface area contributed by atoms with Crippen LogP contribution in [0.15, 0.2) is 46.2 Å². The van der Waals surface area contributed by atoms with Crippen LogP contribution in [0.25, 0.3) is 10.9 Å². The summed E-state index contributed by atoms with van der Waals surface area (Å²) in [7, 11) is 1.63. The Morgan fingerprint density at radius 2 is 2.06 bits per heavy atom. The smallest absolute Gasteiger partial charge is 0.125 e. The predicted octanol–water partition coefficient (Wildman–Crippen LogP) is 5.56. The molecule has 0 amide bonds. The Morgan fingerprint density at radius 1 is 1.35 bits per heavy atom. The molecule has 0 radical (unpaired) electrons. The number of aliphatic carboxylic acids is 1. The summed E-state index contributed by atoms with van der Waals surface area (Å²) in [5.41, 5.74) is 2.51. The summed E-state index contributed by atoms with van der Waals surface area (Å²) in [5, 5.41) is 13.3. The minimum atomic E-state index is -1.07. The molecule has 1 aromatic heterocycles. The highest BCUT2D eigenvalue weighted by Gasteiger charge is 2.35. The molecule has 4 rings (SSSR count). The summed E-state index contributed by atoms with van der Waals surface area (Å²) in [6.45, 7) is 4.33. The number of carbonyl (C=O) groups excluding carboxylic acids is 1. The molecule has 0 saturated heterocycles. The molecule has 3 atom stereocenters. The van der Waals surface area contributed by atoms with E-state index in [4.69, 9.17) is 16.3 Å². The Labute approximate surface area is 190 Å². The summed E-state index contributed by atoms with van der Waals surface area (Å²) in [4.78, 5) is 13.7. The van der Waals surface area contributed by atoms with E-state index in [1.807, 2.05) is 31.2 Å². The van der Waals surface area contributed by atoms with E-state index in [0.717, 1.165) is 32.0 Å². The van der Waals surface area contributed by atoms with Crippen LogP contribution in [0.5, 0.6) is 0 Å². The van der Waals surface area contributed by atoms with Gasteiger partial charge in [0.25, 0.3) is 0 Å². The monoisotopic (exact) mass is 460 g/mol. The average molecular weight is 461 g/mol. The number of aromatic nitrogens is 1. The largest absolute Gasteiger partial charge is 0.550 e. The molecule has 7 heteroatoms. The number of ether oxygens (including phenoxy) is 1. The van der Waals surface area contributed by atoms with Crippen LogP contribution in [0.2, 0.25) is 5.02 Å². The third-order valence-electron chi connectivity index (χ3n) is 6.18. The fraction of sp³-hybridized carbons (Fsp3) is 0.375. The molecular weight excluding hydrogens is 437 g/mol. The maximum atomic E-state index is 14.7. The number of hydrogen-bond acceptors (Lipinski definition) is 4. The first kappa shape index (κ1) is 22.2. The molecule has 31 heavy (non-hydrogen) atoms. The summed E-state index contributed by atoms with van der Waals surface area (Å²) < 4.78 is 22.4. The molecule has 1 aliphatic heterocycles. The number of hydrogen-bond donors (Lipinski definition) is 0. The molecule has 2 heterocycles. The van der Waals surface area contributed by atoms with Gasteiger partial charge in [0, 0.05) is 57.4 Å². The van der Waals surface area contributed by atoms with E-state index < -0.39 is 11.9 Å². The molecule has 1 aliphatic rings. The van der Waals surface area contributed by atoms with Gasteiger partial charge in [-0.25, -0.2) is 4.39 Å². The van der Waals surface area contributed by atoms with Gasteiger partial charge in [0.15, 0.2) is 0 Å². The van der Waals surface area contributed by atoms with Crippen LogP contribution in [0, 0.1) is 11.7 Å². The molecule has 0 N–H and O–H groups in total. The Hall–Kier alpha value is -2.02. The Kier molecular flexibility index (Phi) is 6.33. The van der Waals surface area contributed by atoms with Crippen molar-refractivity contribution in [3.8, 4) is 0 Å². The van der Waals surface area contributed by atoms with Crippen molar-refractivity contribution in [1.29, 1.82) is 0 Å². The molecule has 2 aromatic carbocycles. The molecule has 3 unspecified atom stereocenters. The first-order chi connectivity index (χ1) is 14.8. The Morgan fingerprint density at radius 3 is 2.68 bits per heavy atom. The highest BCUT2D eigenvalue weighted by atomic mass is 35.5. The van der Waals surface area contributed by atoms with Gasteiger partial charge >= 0.3 is 0 Å². The van der Waals surface area contributed by atoms with Crippen molar-refractivity contribution in [2.75, 3.05) is 7.11 Å². The highest BCUT2D eigenvalue weighted by Crippen LogP contribution is 2.50. The number of carboxylic acids is 1. The number of aryl methyl sites for hydroxylation is 1. The zero-order valence-corrected chi connectivity index (χ0v) is 19.2. The molecule has 4 nitrogen and oxygen atoms in total. The Balaban J connectivity index is 2.00. The van der Waals surface area contributed by atoms with Gasteiger partial charge in [-0.3, -0.25) is 0 Å². The minimum absolute atomic E-state index is 0.203. The van der Waals surface area contributed by atoms with Gasteiger partial charge in [0.1, 0.15) is 5.82 Å². The lowest BCUT2D eigenvalue weighted by Gasteiger charge is -2.22. The lowest BCUT2D eigenvalue weighted by atomic mass is 9.89. The first-order valence-electron chi connectivity index (χ1n) is 10.4. The van der Waals surface area contributed by atoms with Crippen molar-refractivity contribution in [3.05, 3.63) is 58.5 Å². The van der Waals surface area contributed by atoms with E-state index in [-0.39, 0.29) is 17.8 Å². The summed E-state index contributed by atoms with van der Waals surface area (Å²) in [6.07, 6.45) is 1.12. The van der Waals surface area contributed by atoms with Crippen LogP contribution in [0.3, 0.4) is 0 Å². The molecule has 0 aliphatic carbocycles. The number of halogens is 2. The lowest BCUT2D eigenvalue weighted by molar-refractivity contribution is -0.311. The first-order valence-corrected chi connectivity index (χ1v) is 11.6. The molecular formula is C24H24ClFNO3S-. The number of nitrogens with zero attached hydrogens (tertiary/aromatic N) is 1.